The summed E-state index contributed by atoms with van der Waals surface area (Å²) in [6.45, 7) is 12.7. The Kier molecular flexibility index (Phi) is 6.42. The molecule has 0 N–H and O–H groups in total. The zero-order chi connectivity index (χ0) is 16.9. The number of rotatable bonds is 6. The number of allylic oxidation sites excluding steroid dienone is 2. The highest BCUT2D eigenvalue weighted by molar-refractivity contribution is 8.79. The monoisotopic (exact) mass is 367 g/mol. The van der Waals surface area contributed by atoms with Crippen LogP contribution in [-0.4, -0.2) is 26.5 Å². The van der Waals surface area contributed by atoms with Crippen molar-refractivity contribution in [2.24, 2.45) is 0 Å². The maximum Gasteiger partial charge on any atom is 0.192 e. The van der Waals surface area contributed by atoms with E-state index in [4.69, 9.17) is 9.16 Å². The number of hydrogen-bond acceptors (Lipinski definition) is 5. The molecule has 0 fully saturated rings. The molecule has 1 aromatic heterocycles. The number of nitrogens with zero attached hydrogens (tertiary/aromatic N) is 1. The lowest BCUT2D eigenvalue weighted by Crippen LogP contribution is -2.41. The zero-order valence-electron chi connectivity index (χ0n) is 14.5. The SMILES string of the molecule is CC(C)(C)[Si](C)(C)OCC1=CC=C(COc2cccnc2)SS1. The van der Waals surface area contributed by atoms with E-state index in [-0.39, 0.29) is 5.04 Å². The average molecular weight is 368 g/mol. The highest BCUT2D eigenvalue weighted by Crippen LogP contribution is 2.42. The molecular formula is C17H25NO2S2Si. The molecule has 0 unspecified atom stereocenters. The van der Waals surface area contributed by atoms with Crippen LogP contribution in [0.5, 0.6) is 5.75 Å². The number of hydrogen-bond donors (Lipinski definition) is 0. The number of aromatic nitrogens is 1. The third-order valence-corrected chi connectivity index (χ3v) is 11.1. The summed E-state index contributed by atoms with van der Waals surface area (Å²) < 4.78 is 12.0. The van der Waals surface area contributed by atoms with Crippen LogP contribution in [-0.2, 0) is 4.43 Å². The normalized spacial score (nSPS) is 15.9. The van der Waals surface area contributed by atoms with E-state index in [2.05, 4.69) is 51.0 Å². The zero-order valence-corrected chi connectivity index (χ0v) is 17.1. The second-order valence-corrected chi connectivity index (χ2v) is 14.2. The van der Waals surface area contributed by atoms with E-state index < -0.39 is 8.32 Å². The Hall–Kier alpha value is -0.693. The van der Waals surface area contributed by atoms with Gasteiger partial charge >= 0.3 is 0 Å². The Balaban J connectivity index is 1.83. The summed E-state index contributed by atoms with van der Waals surface area (Å²) in [6, 6.07) is 3.80. The van der Waals surface area contributed by atoms with Gasteiger partial charge in [0.2, 0.25) is 0 Å². The Bertz CT molecular complexity index is 580. The molecule has 0 bridgehead atoms. The molecule has 2 heterocycles. The van der Waals surface area contributed by atoms with Crippen molar-refractivity contribution in [2.75, 3.05) is 13.2 Å². The van der Waals surface area contributed by atoms with Crippen molar-refractivity contribution in [3.05, 3.63) is 46.5 Å². The molecule has 0 spiro atoms. The summed E-state index contributed by atoms with van der Waals surface area (Å²) in [6.07, 6.45) is 7.75. The molecule has 23 heavy (non-hydrogen) atoms. The Morgan fingerprint density at radius 1 is 1.09 bits per heavy atom. The summed E-state index contributed by atoms with van der Waals surface area (Å²) in [5.41, 5.74) is 0. The van der Waals surface area contributed by atoms with Crippen LogP contribution in [0.1, 0.15) is 20.8 Å². The number of ether oxygens (including phenoxy) is 1. The van der Waals surface area contributed by atoms with Gasteiger partial charge in [-0.25, -0.2) is 0 Å². The van der Waals surface area contributed by atoms with Gasteiger partial charge in [0.1, 0.15) is 12.4 Å². The van der Waals surface area contributed by atoms with Gasteiger partial charge < -0.3 is 9.16 Å². The topological polar surface area (TPSA) is 31.4 Å². The molecule has 1 aromatic rings. The Labute approximate surface area is 148 Å². The van der Waals surface area contributed by atoms with Crippen molar-refractivity contribution in [3.8, 4) is 5.75 Å². The van der Waals surface area contributed by atoms with Crippen molar-refractivity contribution in [1.82, 2.24) is 4.98 Å². The van der Waals surface area contributed by atoms with Gasteiger partial charge in [0.25, 0.3) is 0 Å². The molecule has 0 saturated carbocycles. The van der Waals surface area contributed by atoms with E-state index in [1.54, 1.807) is 34.0 Å². The molecule has 126 valence electrons. The standard InChI is InChI=1S/C17H25NO2S2Si/c1-17(2,3)23(4,5)20-13-16-9-8-15(21-22-16)12-19-14-7-6-10-18-11-14/h6-11H,12-13H2,1-5H3. The lowest BCUT2D eigenvalue weighted by molar-refractivity contribution is 0.325. The fourth-order valence-corrected chi connectivity index (χ4v) is 4.54. The smallest absolute Gasteiger partial charge is 0.192 e. The summed E-state index contributed by atoms with van der Waals surface area (Å²) >= 11 is 0. The highest BCUT2D eigenvalue weighted by atomic mass is 33.1. The molecule has 0 radical (unpaired) electrons. The molecule has 0 amide bonds. The number of pyridine rings is 1. The molecular weight excluding hydrogens is 342 g/mol. The third kappa shape index (κ3) is 5.71. The first-order chi connectivity index (χ1) is 10.8. The minimum absolute atomic E-state index is 0.249. The van der Waals surface area contributed by atoms with Crippen molar-refractivity contribution in [3.63, 3.8) is 0 Å². The Morgan fingerprint density at radius 3 is 2.26 bits per heavy atom. The van der Waals surface area contributed by atoms with Crippen LogP contribution < -0.4 is 4.74 Å². The first-order valence-electron chi connectivity index (χ1n) is 7.69. The third-order valence-electron chi connectivity index (χ3n) is 4.11. The van der Waals surface area contributed by atoms with Crippen LogP contribution in [0.15, 0.2) is 46.5 Å². The molecule has 1 aliphatic heterocycles. The van der Waals surface area contributed by atoms with Crippen molar-refractivity contribution in [1.29, 1.82) is 0 Å². The second kappa shape index (κ2) is 7.92. The van der Waals surface area contributed by atoms with Crippen LogP contribution in [0.2, 0.25) is 18.1 Å². The van der Waals surface area contributed by atoms with Crippen molar-refractivity contribution in [2.45, 2.75) is 38.9 Å². The van der Waals surface area contributed by atoms with E-state index >= 15 is 0 Å². The van der Waals surface area contributed by atoms with E-state index in [0.717, 1.165) is 5.75 Å². The molecule has 0 aliphatic carbocycles. The van der Waals surface area contributed by atoms with Crippen molar-refractivity contribution >= 4 is 29.9 Å². The molecule has 2 rings (SSSR count). The molecule has 6 heteroatoms. The summed E-state index contributed by atoms with van der Waals surface area (Å²) in [5, 5.41) is 0.249. The van der Waals surface area contributed by atoms with E-state index in [1.165, 1.54) is 9.81 Å². The van der Waals surface area contributed by atoms with Crippen LogP contribution in [0.3, 0.4) is 0 Å². The van der Waals surface area contributed by atoms with Gasteiger partial charge in [-0.2, -0.15) is 0 Å². The second-order valence-electron chi connectivity index (χ2n) is 6.96. The van der Waals surface area contributed by atoms with Gasteiger partial charge in [-0.1, -0.05) is 42.4 Å². The molecule has 1 aliphatic rings. The van der Waals surface area contributed by atoms with E-state index in [1.807, 2.05) is 12.1 Å². The Morgan fingerprint density at radius 2 is 1.74 bits per heavy atom. The highest BCUT2D eigenvalue weighted by Gasteiger charge is 2.37. The van der Waals surface area contributed by atoms with Gasteiger partial charge in [0.05, 0.1) is 12.8 Å². The predicted octanol–water partition coefficient (Wildman–Crippen LogP) is 5.65. The molecule has 0 saturated heterocycles. The van der Waals surface area contributed by atoms with E-state index in [9.17, 15) is 0 Å². The average Bonchev–Trinajstić information content (AvgIpc) is 2.52. The lowest BCUT2D eigenvalue weighted by Gasteiger charge is -2.36. The van der Waals surface area contributed by atoms with Crippen LogP contribution >= 0.6 is 21.6 Å². The maximum atomic E-state index is 6.27. The van der Waals surface area contributed by atoms with Gasteiger partial charge in [0.15, 0.2) is 8.32 Å². The largest absolute Gasteiger partial charge is 0.487 e. The molecule has 0 atom stereocenters. The van der Waals surface area contributed by atoms with Crippen LogP contribution in [0.4, 0.5) is 0 Å². The minimum Gasteiger partial charge on any atom is -0.487 e. The first kappa shape index (κ1) is 18.6. The fourth-order valence-electron chi connectivity index (χ4n) is 1.55. The van der Waals surface area contributed by atoms with Gasteiger partial charge in [-0.15, -0.1) is 0 Å². The summed E-state index contributed by atoms with van der Waals surface area (Å²) in [5.74, 6) is 0.801. The molecule has 3 nitrogen and oxygen atoms in total. The van der Waals surface area contributed by atoms with E-state index in [0.29, 0.717) is 13.2 Å². The first-order valence-corrected chi connectivity index (χ1v) is 12.7. The van der Waals surface area contributed by atoms with Gasteiger partial charge in [0, 0.05) is 16.0 Å². The van der Waals surface area contributed by atoms with Crippen LogP contribution in [0.25, 0.3) is 0 Å². The minimum atomic E-state index is -1.68. The fraction of sp³-hybridized carbons (Fsp3) is 0.471. The predicted molar refractivity (Wildman–Crippen MR) is 104 cm³/mol. The van der Waals surface area contributed by atoms with Gasteiger partial charge in [-0.3, -0.25) is 4.98 Å². The maximum absolute atomic E-state index is 6.27. The quantitative estimate of drug-likeness (QED) is 0.479. The lowest BCUT2D eigenvalue weighted by atomic mass is 10.2. The van der Waals surface area contributed by atoms with Crippen molar-refractivity contribution < 1.29 is 9.16 Å². The van der Waals surface area contributed by atoms with Gasteiger partial charge in [-0.05, 0) is 42.4 Å². The summed E-state index contributed by atoms with van der Waals surface area (Å²) in [4.78, 5) is 6.52. The summed E-state index contributed by atoms with van der Waals surface area (Å²) in [7, 11) is 1.84. The molecule has 0 aromatic carbocycles. The van der Waals surface area contributed by atoms with Crippen LogP contribution in [0, 0.1) is 0 Å².